The Morgan fingerprint density at radius 1 is 0.755 bits per heavy atom. The number of ether oxygens (including phenoxy) is 1. The Hall–Kier alpha value is -0.887. The van der Waals surface area contributed by atoms with Gasteiger partial charge in [-0.3, -0.25) is 19.2 Å². The Morgan fingerprint density at radius 3 is 1.37 bits per heavy atom. The first-order valence-electron chi connectivity index (χ1n) is 16.5. The summed E-state index contributed by atoms with van der Waals surface area (Å²) in [6.07, 6.45) is 6.43. The molecule has 49 heavy (non-hydrogen) atoms. The van der Waals surface area contributed by atoms with Crippen molar-refractivity contribution in [2.45, 2.75) is 98.7 Å². The molecule has 0 unspecified atom stereocenters. The van der Waals surface area contributed by atoms with Gasteiger partial charge in [-0.2, -0.15) is 0 Å². The van der Waals surface area contributed by atoms with Gasteiger partial charge in [0.2, 0.25) is 0 Å². The smallest absolute Gasteiger partial charge is 0.859 e. The molecule has 6 saturated carbocycles. The molecule has 6 fully saturated rings. The maximum absolute atomic E-state index is 12.4. The van der Waals surface area contributed by atoms with Gasteiger partial charge in [0.25, 0.3) is 0 Å². The summed E-state index contributed by atoms with van der Waals surface area (Å²) in [7, 11) is -0.423. The molecule has 0 atom stereocenters. The van der Waals surface area contributed by atoms with Crippen LogP contribution in [0.4, 0.5) is 0 Å². The van der Waals surface area contributed by atoms with Crippen molar-refractivity contribution in [3.05, 3.63) is 69.7 Å². The summed E-state index contributed by atoms with van der Waals surface area (Å²) in [4.78, 5) is 58.4. The van der Waals surface area contributed by atoms with Crippen LogP contribution >= 0.6 is 23.2 Å². The van der Waals surface area contributed by atoms with Gasteiger partial charge < -0.3 is 14.6 Å². The minimum atomic E-state index is -1.86. The van der Waals surface area contributed by atoms with Gasteiger partial charge in [0.15, 0.2) is 11.6 Å². The predicted molar refractivity (Wildman–Crippen MR) is 189 cm³/mol. The number of carboxylic acids is 1. The van der Waals surface area contributed by atoms with Crippen molar-refractivity contribution < 1.29 is 85.2 Å². The number of Topliss-reactive ketones (excluding diaryl/α,β-unsaturated/α-hetero) is 2. The van der Waals surface area contributed by atoms with Crippen LogP contribution in [0.1, 0.15) is 99.8 Å². The van der Waals surface area contributed by atoms with Crippen LogP contribution in [0.3, 0.4) is 0 Å². The van der Waals surface area contributed by atoms with E-state index in [0.717, 1.165) is 38.5 Å². The van der Waals surface area contributed by atoms with E-state index in [1.807, 2.05) is 19.9 Å². The van der Waals surface area contributed by atoms with E-state index in [4.69, 9.17) is 27.9 Å². The molecule has 1 N–H and O–H groups in total. The summed E-state index contributed by atoms with van der Waals surface area (Å²) >= 11 is 11.9. The minimum absolute atomic E-state index is 0. The minimum Gasteiger partial charge on any atom is -0.859 e. The Kier molecular flexibility index (Phi) is 12.9. The number of halogens is 2. The average molecular weight is 756 g/mol. The third-order valence-corrected chi connectivity index (χ3v) is 12.0. The first-order chi connectivity index (χ1) is 21.9. The van der Waals surface area contributed by atoms with Crippen LogP contribution in [0.5, 0.6) is 0 Å². The third kappa shape index (κ3) is 8.68. The molecule has 0 spiro atoms. The molecule has 2 aromatic rings. The van der Waals surface area contributed by atoms with Gasteiger partial charge in [0, 0.05) is 34.0 Å². The van der Waals surface area contributed by atoms with E-state index in [-0.39, 0.29) is 90.6 Å². The number of aliphatic carboxylic acids is 1. The zero-order valence-electron chi connectivity index (χ0n) is 30.4. The maximum atomic E-state index is 12.4. The topological polar surface area (TPSA) is 121 Å². The molecule has 0 saturated heterocycles. The number of carbonyl (C=O) groups excluding carboxylic acids is 3. The molecule has 2 aromatic carbocycles. The molecule has 0 radical (unpaired) electrons. The van der Waals surface area contributed by atoms with Crippen molar-refractivity contribution in [2.24, 2.45) is 32.5 Å². The van der Waals surface area contributed by atoms with E-state index < -0.39 is 25.1 Å². The monoisotopic (exact) mass is 754 g/mol. The largest absolute Gasteiger partial charge is 1.00 e. The van der Waals surface area contributed by atoms with E-state index in [2.05, 4.69) is 0 Å². The second-order valence-corrected chi connectivity index (χ2v) is 22.1. The maximum Gasteiger partial charge on any atom is 1.00 e. The number of rotatable bonds is 10. The predicted octanol–water partition coefficient (Wildman–Crippen LogP) is 5.66. The van der Waals surface area contributed by atoms with Crippen molar-refractivity contribution in [2.75, 3.05) is 7.11 Å². The fraction of sp³-hybridized carbons (Fsp3) is 0.579. The molecule has 6 aliphatic rings. The number of methoxy groups -OCH3 is 1. The fourth-order valence-corrected chi connectivity index (χ4v) is 8.99. The van der Waals surface area contributed by atoms with Crippen molar-refractivity contribution in [3.8, 4) is 0 Å². The first-order valence-corrected chi connectivity index (χ1v) is 20.7. The Balaban J connectivity index is 0.000000230. The van der Waals surface area contributed by atoms with Gasteiger partial charge in [-0.15, -0.1) is 0 Å². The van der Waals surface area contributed by atoms with Gasteiger partial charge in [-0.05, 0) is 112 Å². The molecule has 0 amide bonds. The second kappa shape index (κ2) is 14.9. The van der Waals surface area contributed by atoms with Crippen LogP contribution in [-0.2, 0) is 14.3 Å². The Bertz CT molecular complexity index is 1570. The molecule has 0 aromatic heterocycles. The molecule has 7 nitrogen and oxygen atoms in total. The third-order valence-electron chi connectivity index (χ3n) is 11.5. The van der Waals surface area contributed by atoms with Gasteiger partial charge in [-0.25, -0.2) is 0 Å². The van der Waals surface area contributed by atoms with E-state index in [0.29, 0.717) is 34.0 Å². The summed E-state index contributed by atoms with van der Waals surface area (Å²) < 4.78 is 4.94. The zero-order valence-corrected chi connectivity index (χ0v) is 36.1. The molecule has 11 heteroatoms. The Morgan fingerprint density at radius 2 is 1.08 bits per heavy atom. The zero-order chi connectivity index (χ0) is 36.1. The van der Waals surface area contributed by atoms with Crippen LogP contribution in [0.25, 0.3) is 0 Å². The van der Waals surface area contributed by atoms with Gasteiger partial charge in [0.1, 0.15) is 0 Å². The van der Waals surface area contributed by atoms with Crippen LogP contribution in [0, 0.1) is 32.5 Å². The van der Waals surface area contributed by atoms with Crippen molar-refractivity contribution in [3.63, 3.8) is 0 Å². The number of benzene rings is 2. The van der Waals surface area contributed by atoms with Gasteiger partial charge >= 0.3 is 63.3 Å². The molecule has 8 rings (SSSR count). The van der Waals surface area contributed by atoms with Crippen LogP contribution in [-0.4, -0.2) is 44.0 Å². The van der Waals surface area contributed by atoms with Crippen molar-refractivity contribution in [1.82, 2.24) is 0 Å². The summed E-state index contributed by atoms with van der Waals surface area (Å²) in [6.45, 7) is 12.8. The number of carboxylic acid groups (broad SMARTS) is 1. The van der Waals surface area contributed by atoms with Crippen LogP contribution < -0.4 is 56.2 Å². The SMILES string of the molecule is CC(C)(C(=O)O)C12CC(CC(=O)c3cccc(Cl)c3)(C1)C2.COC(=O)C(C)(C)C12CC(CC(=O)c3cccc(Cl)c3)(C1)C2.C[Si](C)(C)[O-].[K+]. The summed E-state index contributed by atoms with van der Waals surface area (Å²) in [5, 5.41) is 10.5. The molecule has 4 bridgehead atoms. The van der Waals surface area contributed by atoms with Gasteiger partial charge in [0.05, 0.1) is 17.9 Å². The number of esters is 1. The number of hydrogen-bond donors (Lipinski definition) is 1. The molecule has 0 aliphatic heterocycles. The number of ketones is 2. The second-order valence-electron chi connectivity index (χ2n) is 17.0. The molecular weight excluding hydrogens is 707 g/mol. The van der Waals surface area contributed by atoms with E-state index in [1.165, 1.54) is 7.11 Å². The quantitative estimate of drug-likeness (QED) is 0.189. The van der Waals surface area contributed by atoms with Crippen molar-refractivity contribution in [1.29, 1.82) is 0 Å². The average Bonchev–Trinajstić information content (AvgIpc) is 2.89. The summed E-state index contributed by atoms with van der Waals surface area (Å²) in [5.41, 5.74) is 0.201. The standard InChI is InChI=1S/C18H21ClO3.C17H19ClO3.C3H9OSi.K/c1-16(2,15(21)22-3)18-9-17(10-18,11-18)8-14(20)12-5-4-6-13(19)7-12;1-15(2,14(20)21)17-8-16(9-17,10-17)7-13(19)11-4-3-5-12(18)6-11;1-5(2,3)4;/h4-7H,8-11H2,1-3H3;3-6H,7-10H2,1-2H3,(H,20,21);1-3H3;/q;;-1;+1. The molecule has 0 heterocycles. The molecule has 262 valence electrons. The summed E-state index contributed by atoms with van der Waals surface area (Å²) in [6, 6.07) is 14.1. The van der Waals surface area contributed by atoms with Crippen LogP contribution in [0.15, 0.2) is 48.5 Å². The molecule has 6 aliphatic carbocycles. The number of carbonyl (C=O) groups is 4. The Labute approximate surface area is 344 Å². The normalized spacial score (nSPS) is 27.3. The van der Waals surface area contributed by atoms with Gasteiger partial charge in [-0.1, -0.05) is 75.4 Å². The first kappa shape index (κ1) is 42.5. The fourth-order valence-electron chi connectivity index (χ4n) is 8.60. The summed E-state index contributed by atoms with van der Waals surface area (Å²) in [5.74, 6) is -0.635. The van der Waals surface area contributed by atoms with E-state index in [9.17, 15) is 29.1 Å². The van der Waals surface area contributed by atoms with Crippen molar-refractivity contribution >= 4 is 55.0 Å². The van der Waals surface area contributed by atoms with Crippen LogP contribution in [0.2, 0.25) is 29.7 Å². The number of hydrogen-bond acceptors (Lipinski definition) is 6. The molecular formula is C38H49Cl2KO7Si. The van der Waals surface area contributed by atoms with E-state index >= 15 is 0 Å². The van der Waals surface area contributed by atoms with E-state index in [1.54, 1.807) is 76.0 Å².